The van der Waals surface area contributed by atoms with Crippen molar-refractivity contribution in [3.63, 3.8) is 0 Å². The molecule has 1 aromatic rings. The monoisotopic (exact) mass is 277 g/mol. The summed E-state index contributed by atoms with van der Waals surface area (Å²) < 4.78 is 1.68. The quantitative estimate of drug-likeness (QED) is 0.835. The van der Waals surface area contributed by atoms with Crippen LogP contribution < -0.4 is 0 Å². The Balaban J connectivity index is 2.05. The Labute approximate surface area is 117 Å². The second-order valence-corrected chi connectivity index (χ2v) is 5.21. The zero-order chi connectivity index (χ0) is 14.7. The van der Waals surface area contributed by atoms with E-state index in [-0.39, 0.29) is 5.91 Å². The fourth-order valence-electron chi connectivity index (χ4n) is 2.55. The van der Waals surface area contributed by atoms with Crippen LogP contribution in [0.25, 0.3) is 0 Å². The van der Waals surface area contributed by atoms with Crippen LogP contribution in [0.5, 0.6) is 0 Å². The molecular weight excluding hydrogens is 258 g/mol. The Morgan fingerprint density at radius 1 is 1.40 bits per heavy atom. The molecule has 0 fully saturated rings. The van der Waals surface area contributed by atoms with Gasteiger partial charge in [0.25, 0.3) is 0 Å². The Bertz CT molecular complexity index is 536. The van der Waals surface area contributed by atoms with E-state index in [9.17, 15) is 14.7 Å². The van der Waals surface area contributed by atoms with E-state index in [1.807, 2.05) is 25.4 Å². The lowest BCUT2D eigenvalue weighted by Gasteiger charge is -2.28. The number of amides is 1. The van der Waals surface area contributed by atoms with Gasteiger partial charge in [0.2, 0.25) is 5.91 Å². The molecule has 0 radical (unpaired) electrons. The highest BCUT2D eigenvalue weighted by Crippen LogP contribution is 2.27. The first-order chi connectivity index (χ1) is 9.49. The van der Waals surface area contributed by atoms with E-state index in [2.05, 4.69) is 5.10 Å². The van der Waals surface area contributed by atoms with Crippen molar-refractivity contribution in [2.75, 3.05) is 7.05 Å². The van der Waals surface area contributed by atoms with Gasteiger partial charge in [-0.05, 0) is 12.8 Å². The standard InChI is InChI=1S/C14H19N3O3/c1-16(8-10-7-15-17(2)9-10)13(18)11-5-3-4-6-12(11)14(19)20/h3-4,7,9,11-12H,5-6,8H2,1-2H3,(H,19,20)/t11-,12-/m0/s1. The summed E-state index contributed by atoms with van der Waals surface area (Å²) >= 11 is 0. The number of aryl methyl sites for hydroxylation is 1. The Kier molecular flexibility index (Phi) is 4.22. The van der Waals surface area contributed by atoms with Gasteiger partial charge in [-0.15, -0.1) is 0 Å². The number of hydrogen-bond donors (Lipinski definition) is 1. The van der Waals surface area contributed by atoms with Crippen molar-refractivity contribution in [2.45, 2.75) is 19.4 Å². The number of allylic oxidation sites excluding steroid dienone is 2. The number of hydrogen-bond acceptors (Lipinski definition) is 3. The second kappa shape index (κ2) is 5.90. The fraction of sp³-hybridized carbons (Fsp3) is 0.500. The van der Waals surface area contributed by atoms with E-state index in [0.29, 0.717) is 19.4 Å². The average molecular weight is 277 g/mol. The summed E-state index contributed by atoms with van der Waals surface area (Å²) in [6.07, 6.45) is 8.20. The molecule has 0 bridgehead atoms. The van der Waals surface area contributed by atoms with Crippen molar-refractivity contribution in [3.8, 4) is 0 Å². The molecule has 6 nitrogen and oxygen atoms in total. The lowest BCUT2D eigenvalue weighted by molar-refractivity contribution is -0.150. The Hall–Kier alpha value is -2.11. The van der Waals surface area contributed by atoms with E-state index in [4.69, 9.17) is 0 Å². The molecule has 0 spiro atoms. The first-order valence-electron chi connectivity index (χ1n) is 6.59. The molecule has 6 heteroatoms. The van der Waals surface area contributed by atoms with Gasteiger partial charge in [0.1, 0.15) is 0 Å². The summed E-state index contributed by atoms with van der Waals surface area (Å²) in [7, 11) is 3.52. The van der Waals surface area contributed by atoms with Crippen molar-refractivity contribution < 1.29 is 14.7 Å². The van der Waals surface area contributed by atoms with E-state index < -0.39 is 17.8 Å². The van der Waals surface area contributed by atoms with Gasteiger partial charge in [0.15, 0.2) is 0 Å². The number of aromatic nitrogens is 2. The van der Waals surface area contributed by atoms with E-state index >= 15 is 0 Å². The summed E-state index contributed by atoms with van der Waals surface area (Å²) in [4.78, 5) is 25.2. The average Bonchev–Trinajstić information content (AvgIpc) is 2.83. The van der Waals surface area contributed by atoms with Crippen molar-refractivity contribution >= 4 is 11.9 Å². The highest BCUT2D eigenvalue weighted by molar-refractivity contribution is 5.85. The van der Waals surface area contributed by atoms with Crippen LogP contribution >= 0.6 is 0 Å². The smallest absolute Gasteiger partial charge is 0.307 e. The molecule has 0 saturated heterocycles. The van der Waals surface area contributed by atoms with Gasteiger partial charge in [0, 0.05) is 32.4 Å². The topological polar surface area (TPSA) is 75.4 Å². The lowest BCUT2D eigenvalue weighted by atomic mass is 9.82. The van der Waals surface area contributed by atoms with Gasteiger partial charge < -0.3 is 10.0 Å². The molecule has 1 aliphatic carbocycles. The van der Waals surface area contributed by atoms with Gasteiger partial charge in [0.05, 0.1) is 18.0 Å². The summed E-state index contributed by atoms with van der Waals surface area (Å²) in [6, 6.07) is 0. The molecule has 1 aromatic heterocycles. The second-order valence-electron chi connectivity index (χ2n) is 5.21. The third-order valence-corrected chi connectivity index (χ3v) is 3.62. The SMILES string of the molecule is CN(Cc1cnn(C)c1)C(=O)[C@H]1CC=CC[C@@H]1C(=O)O. The summed E-state index contributed by atoms with van der Waals surface area (Å²) in [5.74, 6) is -2.11. The number of aliphatic carboxylic acids is 1. The first-order valence-corrected chi connectivity index (χ1v) is 6.59. The molecular formula is C14H19N3O3. The van der Waals surface area contributed by atoms with Crippen LogP contribution in [0.3, 0.4) is 0 Å². The van der Waals surface area contributed by atoms with Crippen LogP contribution in [-0.4, -0.2) is 38.7 Å². The Morgan fingerprint density at radius 3 is 2.60 bits per heavy atom. The zero-order valence-corrected chi connectivity index (χ0v) is 11.7. The maximum atomic E-state index is 12.4. The number of nitrogens with zero attached hydrogens (tertiary/aromatic N) is 3. The maximum absolute atomic E-state index is 12.4. The minimum Gasteiger partial charge on any atom is -0.481 e. The normalized spacial score (nSPS) is 21.7. The van der Waals surface area contributed by atoms with E-state index in [0.717, 1.165) is 5.56 Å². The maximum Gasteiger partial charge on any atom is 0.307 e. The molecule has 20 heavy (non-hydrogen) atoms. The third kappa shape index (κ3) is 3.07. The van der Waals surface area contributed by atoms with Crippen LogP contribution in [0.2, 0.25) is 0 Å². The minimum atomic E-state index is -0.900. The van der Waals surface area contributed by atoms with Crippen molar-refractivity contribution in [1.82, 2.24) is 14.7 Å². The van der Waals surface area contributed by atoms with Crippen LogP contribution in [0.1, 0.15) is 18.4 Å². The predicted molar refractivity (Wildman–Crippen MR) is 72.7 cm³/mol. The van der Waals surface area contributed by atoms with Crippen LogP contribution in [0.15, 0.2) is 24.5 Å². The molecule has 1 amide bonds. The van der Waals surface area contributed by atoms with Gasteiger partial charge in [-0.25, -0.2) is 0 Å². The van der Waals surface area contributed by atoms with E-state index in [1.165, 1.54) is 0 Å². The molecule has 1 heterocycles. The molecule has 0 aliphatic heterocycles. The van der Waals surface area contributed by atoms with Crippen LogP contribution in [0.4, 0.5) is 0 Å². The molecule has 2 atom stereocenters. The minimum absolute atomic E-state index is 0.120. The van der Waals surface area contributed by atoms with Gasteiger partial charge in [-0.1, -0.05) is 12.2 Å². The summed E-state index contributed by atoms with van der Waals surface area (Å²) in [5.41, 5.74) is 0.932. The third-order valence-electron chi connectivity index (χ3n) is 3.62. The molecule has 1 N–H and O–H groups in total. The van der Waals surface area contributed by atoms with Gasteiger partial charge >= 0.3 is 5.97 Å². The number of carboxylic acids is 1. The van der Waals surface area contributed by atoms with Crippen molar-refractivity contribution in [3.05, 3.63) is 30.1 Å². The van der Waals surface area contributed by atoms with Crippen molar-refractivity contribution in [1.29, 1.82) is 0 Å². The first kappa shape index (κ1) is 14.3. The number of carbonyl (C=O) groups excluding carboxylic acids is 1. The molecule has 0 aromatic carbocycles. The number of carbonyl (C=O) groups is 2. The fourth-order valence-corrected chi connectivity index (χ4v) is 2.55. The summed E-state index contributed by atoms with van der Waals surface area (Å²) in [6.45, 7) is 0.444. The molecule has 108 valence electrons. The largest absolute Gasteiger partial charge is 0.481 e. The van der Waals surface area contributed by atoms with E-state index in [1.54, 1.807) is 22.8 Å². The van der Waals surface area contributed by atoms with Crippen LogP contribution in [-0.2, 0) is 23.2 Å². The highest BCUT2D eigenvalue weighted by Gasteiger charge is 2.35. The molecule has 2 rings (SSSR count). The lowest BCUT2D eigenvalue weighted by Crippen LogP contribution is -2.39. The van der Waals surface area contributed by atoms with Crippen LogP contribution in [0, 0.1) is 11.8 Å². The molecule has 0 saturated carbocycles. The highest BCUT2D eigenvalue weighted by atomic mass is 16.4. The number of carboxylic acid groups (broad SMARTS) is 1. The Morgan fingerprint density at radius 2 is 2.05 bits per heavy atom. The summed E-state index contributed by atoms with van der Waals surface area (Å²) in [5, 5.41) is 13.3. The van der Waals surface area contributed by atoms with Gasteiger partial charge in [-0.3, -0.25) is 14.3 Å². The van der Waals surface area contributed by atoms with Gasteiger partial charge in [-0.2, -0.15) is 5.10 Å². The zero-order valence-electron chi connectivity index (χ0n) is 11.7. The molecule has 0 unspecified atom stereocenters. The predicted octanol–water partition coefficient (Wildman–Crippen LogP) is 1.05. The van der Waals surface area contributed by atoms with Crippen molar-refractivity contribution in [2.24, 2.45) is 18.9 Å². The molecule has 1 aliphatic rings. The number of rotatable bonds is 4.